The van der Waals surface area contributed by atoms with Gasteiger partial charge in [-0.3, -0.25) is 4.79 Å². The van der Waals surface area contributed by atoms with Gasteiger partial charge < -0.3 is 4.90 Å². The first-order chi connectivity index (χ1) is 10.5. The first-order valence-corrected chi connectivity index (χ1v) is 8.91. The van der Waals surface area contributed by atoms with E-state index in [-0.39, 0.29) is 11.2 Å². The molecule has 2 aromatic heterocycles. The molecular weight excluding hydrogens is 320 g/mol. The Morgan fingerprint density at radius 2 is 2.36 bits per heavy atom. The van der Waals surface area contributed by atoms with Crippen molar-refractivity contribution in [2.45, 2.75) is 49.7 Å². The molecule has 0 N–H and O–H groups in total. The van der Waals surface area contributed by atoms with Gasteiger partial charge in [0.05, 0.1) is 28.5 Å². The molecule has 0 aromatic carbocycles. The number of aromatic nitrogens is 5. The Bertz CT molecular complexity index is 665. The van der Waals surface area contributed by atoms with Crippen molar-refractivity contribution < 1.29 is 4.79 Å². The van der Waals surface area contributed by atoms with Crippen LogP contribution in [0.2, 0.25) is 0 Å². The molecule has 1 aliphatic rings. The predicted octanol–water partition coefficient (Wildman–Crippen LogP) is 1.91. The van der Waals surface area contributed by atoms with Crippen LogP contribution < -0.4 is 0 Å². The van der Waals surface area contributed by atoms with Gasteiger partial charge in [0.1, 0.15) is 0 Å². The van der Waals surface area contributed by atoms with Crippen LogP contribution in [0.5, 0.6) is 0 Å². The van der Waals surface area contributed by atoms with Crippen molar-refractivity contribution in [3.05, 3.63) is 16.1 Å². The summed E-state index contributed by atoms with van der Waals surface area (Å²) in [5.74, 6) is 0.0565. The van der Waals surface area contributed by atoms with Crippen LogP contribution in [0.15, 0.2) is 10.5 Å². The van der Waals surface area contributed by atoms with Gasteiger partial charge in [-0.05, 0) is 37.1 Å². The first kappa shape index (κ1) is 15.4. The highest BCUT2D eigenvalue weighted by molar-refractivity contribution is 8.00. The van der Waals surface area contributed by atoms with E-state index in [4.69, 9.17) is 0 Å². The van der Waals surface area contributed by atoms with E-state index < -0.39 is 0 Å². The summed E-state index contributed by atoms with van der Waals surface area (Å²) >= 11 is 3.01. The number of nitrogens with zero attached hydrogens (tertiary/aromatic N) is 6. The first-order valence-electron chi connectivity index (χ1n) is 7.15. The zero-order valence-corrected chi connectivity index (χ0v) is 14.4. The maximum absolute atomic E-state index is 12.5. The third-order valence-electron chi connectivity index (χ3n) is 3.43. The van der Waals surface area contributed by atoms with Crippen molar-refractivity contribution in [3.63, 3.8) is 0 Å². The van der Waals surface area contributed by atoms with Crippen LogP contribution in [-0.4, -0.2) is 48.3 Å². The SMILES string of the molecule is Cc1nc(CN(C)C(=O)C(C)Sc2nnnn2C2CC2)cs1. The molecule has 1 unspecified atom stereocenters. The molecule has 0 radical (unpaired) electrons. The van der Waals surface area contributed by atoms with Crippen LogP contribution in [0, 0.1) is 6.92 Å². The molecule has 9 heteroatoms. The number of amides is 1. The van der Waals surface area contributed by atoms with E-state index in [0.29, 0.717) is 12.6 Å². The Kier molecular flexibility index (Phi) is 4.44. The minimum Gasteiger partial charge on any atom is -0.339 e. The van der Waals surface area contributed by atoms with Crippen molar-refractivity contribution in [2.75, 3.05) is 7.05 Å². The van der Waals surface area contributed by atoms with Gasteiger partial charge in [0.25, 0.3) is 0 Å². The number of thioether (sulfide) groups is 1. The largest absolute Gasteiger partial charge is 0.339 e. The fourth-order valence-electron chi connectivity index (χ4n) is 2.13. The number of rotatable bonds is 6. The lowest BCUT2D eigenvalue weighted by atomic mass is 10.3. The highest BCUT2D eigenvalue weighted by Crippen LogP contribution is 2.37. The predicted molar refractivity (Wildman–Crippen MR) is 84.7 cm³/mol. The molecule has 0 saturated heterocycles. The summed E-state index contributed by atoms with van der Waals surface area (Å²) in [5.41, 5.74) is 0.929. The van der Waals surface area contributed by atoms with Crippen molar-refractivity contribution >= 4 is 29.0 Å². The average molecular weight is 338 g/mol. The van der Waals surface area contributed by atoms with Crippen molar-refractivity contribution in [1.82, 2.24) is 30.1 Å². The molecule has 0 aliphatic heterocycles. The number of carbonyl (C=O) groups is 1. The fourth-order valence-corrected chi connectivity index (χ4v) is 3.71. The molecule has 3 rings (SSSR count). The normalized spacial score (nSPS) is 15.8. The maximum atomic E-state index is 12.5. The lowest BCUT2D eigenvalue weighted by Crippen LogP contribution is -2.33. The van der Waals surface area contributed by atoms with Crippen LogP contribution >= 0.6 is 23.1 Å². The minimum absolute atomic E-state index is 0.0565. The lowest BCUT2D eigenvalue weighted by molar-refractivity contribution is -0.129. The summed E-state index contributed by atoms with van der Waals surface area (Å²) in [6.07, 6.45) is 2.23. The van der Waals surface area contributed by atoms with E-state index in [1.165, 1.54) is 11.8 Å². The summed E-state index contributed by atoms with van der Waals surface area (Å²) in [6.45, 7) is 4.38. The summed E-state index contributed by atoms with van der Waals surface area (Å²) in [6, 6.07) is 0.413. The van der Waals surface area contributed by atoms with Crippen LogP contribution in [0.25, 0.3) is 0 Å². The molecule has 118 valence electrons. The smallest absolute Gasteiger partial charge is 0.235 e. The van der Waals surface area contributed by atoms with Gasteiger partial charge in [-0.25, -0.2) is 9.67 Å². The molecule has 2 heterocycles. The van der Waals surface area contributed by atoms with Gasteiger partial charge in [-0.2, -0.15) is 0 Å². The van der Waals surface area contributed by atoms with E-state index in [2.05, 4.69) is 20.5 Å². The average Bonchev–Trinajstić information content (AvgIpc) is 3.10. The van der Waals surface area contributed by atoms with Gasteiger partial charge in [-0.1, -0.05) is 11.8 Å². The van der Waals surface area contributed by atoms with E-state index in [1.54, 1.807) is 23.3 Å². The topological polar surface area (TPSA) is 76.8 Å². The Balaban J connectivity index is 1.59. The summed E-state index contributed by atoms with van der Waals surface area (Å²) < 4.78 is 1.83. The lowest BCUT2D eigenvalue weighted by Gasteiger charge is -2.19. The number of thiazole rings is 1. The number of aryl methyl sites for hydroxylation is 1. The van der Waals surface area contributed by atoms with Gasteiger partial charge in [0.2, 0.25) is 11.1 Å². The molecule has 7 nitrogen and oxygen atoms in total. The molecule has 1 aliphatic carbocycles. The summed E-state index contributed by atoms with van der Waals surface area (Å²) in [7, 11) is 1.80. The highest BCUT2D eigenvalue weighted by Gasteiger charge is 2.30. The minimum atomic E-state index is -0.228. The van der Waals surface area contributed by atoms with Crippen LogP contribution in [0.3, 0.4) is 0 Å². The monoisotopic (exact) mass is 338 g/mol. The van der Waals surface area contributed by atoms with Crippen molar-refractivity contribution in [2.24, 2.45) is 0 Å². The molecule has 0 spiro atoms. The number of tetrazole rings is 1. The molecule has 1 atom stereocenters. The molecule has 22 heavy (non-hydrogen) atoms. The Morgan fingerprint density at radius 3 is 3.00 bits per heavy atom. The third kappa shape index (κ3) is 3.46. The van der Waals surface area contributed by atoms with E-state index in [0.717, 1.165) is 28.7 Å². The third-order valence-corrected chi connectivity index (χ3v) is 5.28. The Morgan fingerprint density at radius 1 is 1.59 bits per heavy atom. The number of hydrogen-bond donors (Lipinski definition) is 0. The van der Waals surface area contributed by atoms with Crippen LogP contribution in [-0.2, 0) is 11.3 Å². The fraction of sp³-hybridized carbons (Fsp3) is 0.615. The summed E-state index contributed by atoms with van der Waals surface area (Å²) in [5, 5.41) is 15.3. The number of hydrogen-bond acceptors (Lipinski definition) is 7. The second kappa shape index (κ2) is 6.33. The highest BCUT2D eigenvalue weighted by atomic mass is 32.2. The zero-order chi connectivity index (χ0) is 15.7. The summed E-state index contributed by atoms with van der Waals surface area (Å²) in [4.78, 5) is 18.6. The zero-order valence-electron chi connectivity index (χ0n) is 12.8. The Labute approximate surface area is 137 Å². The molecular formula is C13H18N6OS2. The second-order valence-corrected chi connectivity index (χ2v) is 7.82. The van der Waals surface area contributed by atoms with Gasteiger partial charge in [-0.15, -0.1) is 16.4 Å². The van der Waals surface area contributed by atoms with Crippen LogP contribution in [0.1, 0.15) is 36.5 Å². The van der Waals surface area contributed by atoms with Crippen molar-refractivity contribution in [1.29, 1.82) is 0 Å². The molecule has 1 fully saturated rings. The molecule has 1 amide bonds. The number of carbonyl (C=O) groups excluding carboxylic acids is 1. The molecule has 1 saturated carbocycles. The quantitative estimate of drug-likeness (QED) is 0.749. The Hall–Kier alpha value is -1.48. The van der Waals surface area contributed by atoms with E-state index >= 15 is 0 Å². The van der Waals surface area contributed by atoms with Gasteiger partial charge >= 0.3 is 0 Å². The molecule has 2 aromatic rings. The van der Waals surface area contributed by atoms with E-state index in [9.17, 15) is 4.79 Å². The van der Waals surface area contributed by atoms with E-state index in [1.807, 2.05) is 23.9 Å². The second-order valence-electron chi connectivity index (χ2n) is 5.45. The van der Waals surface area contributed by atoms with Crippen LogP contribution in [0.4, 0.5) is 0 Å². The maximum Gasteiger partial charge on any atom is 0.235 e. The van der Waals surface area contributed by atoms with Gasteiger partial charge in [0, 0.05) is 12.4 Å². The standard InChI is InChI=1S/C13H18N6OS2/c1-8(22-13-15-16-17-19(13)11-4-5-11)12(20)18(3)6-10-7-21-9(2)14-10/h7-8,11H,4-6H2,1-3H3. The molecule has 0 bridgehead atoms. The van der Waals surface area contributed by atoms with Crippen molar-refractivity contribution in [3.8, 4) is 0 Å². The van der Waals surface area contributed by atoms with Gasteiger partial charge in [0.15, 0.2) is 0 Å².